The number of aryl methyl sites for hydroxylation is 2. The Kier molecular flexibility index (Phi) is 4.94. The van der Waals surface area contributed by atoms with E-state index >= 15 is 0 Å². The van der Waals surface area contributed by atoms with Crippen LogP contribution in [0.4, 0.5) is 8.78 Å². The summed E-state index contributed by atoms with van der Waals surface area (Å²) in [4.78, 5) is 13.7. The summed E-state index contributed by atoms with van der Waals surface area (Å²) in [5.74, 6) is -0.222. The highest BCUT2D eigenvalue weighted by Crippen LogP contribution is 2.19. The summed E-state index contributed by atoms with van der Waals surface area (Å²) in [6, 6.07) is 1.29. The van der Waals surface area contributed by atoms with Crippen LogP contribution < -0.4 is 0 Å². The first kappa shape index (κ1) is 16.6. The highest BCUT2D eigenvalue weighted by Gasteiger charge is 2.18. The smallest absolute Gasteiger partial charge is 0.282 e. The van der Waals surface area contributed by atoms with Crippen molar-refractivity contribution >= 4 is 21.8 Å². The van der Waals surface area contributed by atoms with Gasteiger partial charge in [0.1, 0.15) is 12.2 Å². The Bertz CT molecular complexity index is 663. The Balaban J connectivity index is 2.06. The van der Waals surface area contributed by atoms with E-state index in [0.717, 1.165) is 10.2 Å². The molecule has 0 fully saturated rings. The quantitative estimate of drug-likeness (QED) is 0.805. The normalized spacial score (nSPS) is 11.2. The maximum absolute atomic E-state index is 12.6. The highest BCUT2D eigenvalue weighted by atomic mass is 79.9. The molecule has 22 heavy (non-hydrogen) atoms. The SMILES string of the molecule is Cc1cc(C(F)F)nn1CC(=O)N(C)Cc1c(Br)cnn1C. The fraction of sp³-hybridized carbons (Fsp3) is 0.462. The molecule has 0 bridgehead atoms. The van der Waals surface area contributed by atoms with E-state index in [4.69, 9.17) is 0 Å². The number of amides is 1. The van der Waals surface area contributed by atoms with Gasteiger partial charge in [0.15, 0.2) is 0 Å². The lowest BCUT2D eigenvalue weighted by molar-refractivity contribution is -0.131. The number of aromatic nitrogens is 4. The zero-order chi connectivity index (χ0) is 16.4. The largest absolute Gasteiger partial charge is 0.338 e. The number of likely N-dealkylation sites (N-methyl/N-ethyl adjacent to an activating group) is 1. The minimum absolute atomic E-state index is 0.0788. The molecule has 0 aromatic carbocycles. The van der Waals surface area contributed by atoms with Crippen LogP contribution in [0.1, 0.15) is 23.5 Å². The van der Waals surface area contributed by atoms with E-state index in [2.05, 4.69) is 26.1 Å². The van der Waals surface area contributed by atoms with Gasteiger partial charge < -0.3 is 4.90 Å². The van der Waals surface area contributed by atoms with Gasteiger partial charge in [-0.05, 0) is 28.9 Å². The number of hydrogen-bond acceptors (Lipinski definition) is 3. The van der Waals surface area contributed by atoms with E-state index in [1.807, 2.05) is 0 Å². The van der Waals surface area contributed by atoms with Crippen molar-refractivity contribution in [2.24, 2.45) is 7.05 Å². The predicted octanol–water partition coefficient (Wildman–Crippen LogP) is 2.28. The van der Waals surface area contributed by atoms with Gasteiger partial charge in [0.25, 0.3) is 6.43 Å². The average molecular weight is 376 g/mol. The Hall–Kier alpha value is -1.77. The molecule has 1 amide bonds. The van der Waals surface area contributed by atoms with Crippen LogP contribution in [0.2, 0.25) is 0 Å². The van der Waals surface area contributed by atoms with E-state index in [1.165, 1.54) is 15.6 Å². The Morgan fingerprint density at radius 1 is 1.50 bits per heavy atom. The van der Waals surface area contributed by atoms with Crippen molar-refractivity contribution in [1.82, 2.24) is 24.5 Å². The van der Waals surface area contributed by atoms with Crippen molar-refractivity contribution in [3.8, 4) is 0 Å². The molecule has 0 saturated carbocycles. The molecule has 0 atom stereocenters. The van der Waals surface area contributed by atoms with Crippen molar-refractivity contribution in [2.45, 2.75) is 26.4 Å². The van der Waals surface area contributed by atoms with Gasteiger partial charge >= 0.3 is 0 Å². The first-order valence-corrected chi connectivity index (χ1v) is 7.31. The predicted molar refractivity (Wildman–Crippen MR) is 79.3 cm³/mol. The molecule has 0 spiro atoms. The Morgan fingerprint density at radius 2 is 2.18 bits per heavy atom. The maximum Gasteiger partial charge on any atom is 0.282 e. The average Bonchev–Trinajstić information content (AvgIpc) is 2.96. The zero-order valence-corrected chi connectivity index (χ0v) is 14.0. The van der Waals surface area contributed by atoms with Crippen molar-refractivity contribution in [3.63, 3.8) is 0 Å². The topological polar surface area (TPSA) is 56.0 Å². The molecule has 120 valence electrons. The second kappa shape index (κ2) is 6.55. The molecule has 0 aliphatic rings. The molecule has 2 heterocycles. The molecule has 2 aromatic heterocycles. The molecule has 0 N–H and O–H groups in total. The molecule has 0 aliphatic carbocycles. The van der Waals surface area contributed by atoms with Gasteiger partial charge in [-0.15, -0.1) is 0 Å². The number of alkyl halides is 2. The Morgan fingerprint density at radius 3 is 2.68 bits per heavy atom. The lowest BCUT2D eigenvalue weighted by Crippen LogP contribution is -2.31. The first-order valence-electron chi connectivity index (χ1n) is 6.52. The highest BCUT2D eigenvalue weighted by molar-refractivity contribution is 9.10. The Labute approximate surface area is 134 Å². The third kappa shape index (κ3) is 3.52. The lowest BCUT2D eigenvalue weighted by Gasteiger charge is -2.18. The van der Waals surface area contributed by atoms with E-state index in [9.17, 15) is 13.6 Å². The van der Waals surface area contributed by atoms with E-state index in [-0.39, 0.29) is 18.1 Å². The van der Waals surface area contributed by atoms with Crippen LogP contribution >= 0.6 is 15.9 Å². The zero-order valence-electron chi connectivity index (χ0n) is 12.4. The van der Waals surface area contributed by atoms with E-state index in [0.29, 0.717) is 12.2 Å². The van der Waals surface area contributed by atoms with Crippen molar-refractivity contribution < 1.29 is 13.6 Å². The van der Waals surface area contributed by atoms with Crippen LogP contribution in [0, 0.1) is 6.92 Å². The standard InChI is InChI=1S/C13H16BrF2N5O/c1-8-4-10(13(15)16)18-21(8)7-12(22)19(2)6-11-9(14)5-17-20(11)3/h4-5,13H,6-7H2,1-3H3. The number of carbonyl (C=O) groups is 1. The van der Waals surface area contributed by atoms with Gasteiger partial charge in [-0.25, -0.2) is 8.78 Å². The molecule has 0 radical (unpaired) electrons. The summed E-state index contributed by atoms with van der Waals surface area (Å²) in [6.45, 7) is 1.92. The summed E-state index contributed by atoms with van der Waals surface area (Å²) >= 11 is 3.37. The minimum Gasteiger partial charge on any atom is -0.338 e. The fourth-order valence-corrected chi connectivity index (χ4v) is 2.45. The summed E-state index contributed by atoms with van der Waals surface area (Å²) < 4.78 is 29.0. The summed E-state index contributed by atoms with van der Waals surface area (Å²) in [7, 11) is 3.43. The van der Waals surface area contributed by atoms with Gasteiger partial charge in [-0.3, -0.25) is 14.2 Å². The van der Waals surface area contributed by atoms with Crippen LogP contribution in [-0.2, 0) is 24.9 Å². The fourth-order valence-electron chi connectivity index (χ4n) is 1.98. The van der Waals surface area contributed by atoms with Crippen LogP contribution in [0.15, 0.2) is 16.7 Å². The molecule has 0 aliphatic heterocycles. The lowest BCUT2D eigenvalue weighted by atomic mass is 10.3. The van der Waals surface area contributed by atoms with Crippen LogP contribution in [0.3, 0.4) is 0 Å². The number of rotatable bonds is 5. The van der Waals surface area contributed by atoms with Crippen LogP contribution in [-0.4, -0.2) is 37.4 Å². The molecule has 2 rings (SSSR count). The second-order valence-corrected chi connectivity index (χ2v) is 5.84. The summed E-state index contributed by atoms with van der Waals surface area (Å²) in [6.07, 6.45) is -0.988. The van der Waals surface area contributed by atoms with E-state index < -0.39 is 6.43 Å². The number of nitrogens with zero attached hydrogens (tertiary/aromatic N) is 5. The second-order valence-electron chi connectivity index (χ2n) is 4.98. The van der Waals surface area contributed by atoms with Gasteiger partial charge in [0.2, 0.25) is 5.91 Å². The monoisotopic (exact) mass is 375 g/mol. The van der Waals surface area contributed by atoms with Crippen LogP contribution in [0.25, 0.3) is 0 Å². The van der Waals surface area contributed by atoms with Gasteiger partial charge in [0, 0.05) is 19.8 Å². The van der Waals surface area contributed by atoms with Gasteiger partial charge in [-0.1, -0.05) is 0 Å². The van der Waals surface area contributed by atoms with Crippen molar-refractivity contribution in [3.05, 3.63) is 33.8 Å². The third-order valence-electron chi connectivity index (χ3n) is 3.33. The van der Waals surface area contributed by atoms with Crippen molar-refractivity contribution in [1.29, 1.82) is 0 Å². The third-order valence-corrected chi connectivity index (χ3v) is 3.99. The first-order chi connectivity index (χ1) is 10.3. The molecule has 6 nitrogen and oxygen atoms in total. The maximum atomic E-state index is 12.6. The number of carbonyl (C=O) groups excluding carboxylic acids is 1. The molecule has 2 aromatic rings. The van der Waals surface area contributed by atoms with Gasteiger partial charge in [0.05, 0.1) is 22.9 Å². The van der Waals surface area contributed by atoms with E-state index in [1.54, 1.807) is 31.9 Å². The van der Waals surface area contributed by atoms with Crippen LogP contribution in [0.5, 0.6) is 0 Å². The molecular weight excluding hydrogens is 360 g/mol. The molecule has 0 unspecified atom stereocenters. The number of hydrogen-bond donors (Lipinski definition) is 0. The molecular formula is C13H16BrF2N5O. The summed E-state index contributed by atoms with van der Waals surface area (Å²) in [5, 5.41) is 7.84. The minimum atomic E-state index is -2.64. The molecule has 0 saturated heterocycles. The number of halogens is 3. The van der Waals surface area contributed by atoms with Gasteiger partial charge in [-0.2, -0.15) is 10.2 Å². The van der Waals surface area contributed by atoms with Crippen molar-refractivity contribution in [2.75, 3.05) is 7.05 Å². The summed E-state index contributed by atoms with van der Waals surface area (Å²) in [5.41, 5.74) is 1.06. The molecule has 9 heteroatoms.